The summed E-state index contributed by atoms with van der Waals surface area (Å²) in [7, 11) is 0. The van der Waals surface area contributed by atoms with Crippen LogP contribution in [0.1, 0.15) is 53.0 Å². The summed E-state index contributed by atoms with van der Waals surface area (Å²) in [6.07, 6.45) is 7.18. The van der Waals surface area contributed by atoms with Gasteiger partial charge in [0, 0.05) is 39.5 Å². The number of rotatable bonds is 10. The first-order valence-electron chi connectivity index (χ1n) is 12.8. The van der Waals surface area contributed by atoms with Crippen molar-refractivity contribution in [3.63, 3.8) is 0 Å². The van der Waals surface area contributed by atoms with Gasteiger partial charge >= 0.3 is 0 Å². The number of fused-ring (bicyclic) bond motifs is 3. The Bertz CT molecular complexity index is 1640. The highest BCUT2D eigenvalue weighted by Gasteiger charge is 2.19. The zero-order chi connectivity index (χ0) is 26.5. The fourth-order valence-electron chi connectivity index (χ4n) is 4.68. The summed E-state index contributed by atoms with van der Waals surface area (Å²) in [6.45, 7) is 5.22. The predicted octanol–water partition coefficient (Wildman–Crippen LogP) is 7.78. The van der Waals surface area contributed by atoms with Crippen LogP contribution >= 0.6 is 20.7 Å². The molecule has 0 fully saturated rings. The van der Waals surface area contributed by atoms with Gasteiger partial charge in [-0.1, -0.05) is 81.7 Å². The summed E-state index contributed by atoms with van der Waals surface area (Å²) >= 11 is -0.416. The number of hydrogen-bond donors (Lipinski definition) is 0. The second-order valence-corrected chi connectivity index (χ2v) is 11.6. The lowest BCUT2D eigenvalue weighted by Crippen LogP contribution is -2.15. The average molecular weight is 616 g/mol. The van der Waals surface area contributed by atoms with Gasteiger partial charge in [-0.3, -0.25) is 9.59 Å². The van der Waals surface area contributed by atoms with Crippen molar-refractivity contribution in [2.75, 3.05) is 0 Å². The summed E-state index contributed by atoms with van der Waals surface area (Å²) in [5.41, 5.74) is 4.76. The Hall–Kier alpha value is -3.65. The van der Waals surface area contributed by atoms with Crippen LogP contribution in [-0.4, -0.2) is 25.4 Å². The molecule has 3 aromatic carbocycles. The average Bonchev–Trinajstić information content (AvgIpc) is 3.29. The van der Waals surface area contributed by atoms with Crippen LogP contribution in [0.15, 0.2) is 94.2 Å². The van der Waals surface area contributed by atoms with E-state index in [4.69, 9.17) is 4.84 Å². The van der Waals surface area contributed by atoms with E-state index in [1.54, 1.807) is 0 Å². The molecule has 0 saturated carbocycles. The van der Waals surface area contributed by atoms with E-state index in [1.165, 1.54) is 0 Å². The minimum atomic E-state index is -0.416. The molecule has 2 heterocycles. The second kappa shape index (κ2) is 11.8. The monoisotopic (exact) mass is 616 g/mol. The minimum absolute atomic E-state index is 0.0814. The number of nitrogens with zero attached hydrogens (tertiary/aromatic N) is 2. The molecule has 4 aromatic rings. The largest absolute Gasteiger partial charge is 0.391 e. The smallest absolute Gasteiger partial charge is 0.210 e. The van der Waals surface area contributed by atoms with Gasteiger partial charge in [0.15, 0.2) is 5.78 Å². The number of aromatic nitrogens is 1. The number of carbonyl (C=O) groups is 2. The Morgan fingerprint density at radius 3 is 2.26 bits per heavy atom. The number of Topliss-reactive ketones (excluding diaryl/α,β-unsaturated/α-hetero) is 2. The molecule has 0 atom stereocenters. The Morgan fingerprint density at radius 2 is 1.61 bits per heavy atom. The molecule has 0 saturated heterocycles. The molecule has 1 aliphatic heterocycles. The third kappa shape index (κ3) is 5.31. The van der Waals surface area contributed by atoms with Gasteiger partial charge in [0.2, 0.25) is 5.78 Å². The number of halogens is 1. The molecule has 5 nitrogen and oxygen atoms in total. The van der Waals surface area contributed by atoms with E-state index in [9.17, 15) is 9.59 Å². The van der Waals surface area contributed by atoms with E-state index in [0.717, 1.165) is 43.8 Å². The van der Waals surface area contributed by atoms with E-state index in [-0.39, 0.29) is 11.6 Å². The van der Waals surface area contributed by atoms with Crippen LogP contribution in [0.4, 0.5) is 0 Å². The highest BCUT2D eigenvalue weighted by atomic mass is 127. The van der Waals surface area contributed by atoms with Crippen LogP contribution in [0.2, 0.25) is 0 Å². The molecule has 1 aromatic heterocycles. The lowest BCUT2D eigenvalue weighted by atomic mass is 10.00. The highest BCUT2D eigenvalue weighted by molar-refractivity contribution is 14.2. The summed E-state index contributed by atoms with van der Waals surface area (Å²) in [4.78, 5) is 32.3. The van der Waals surface area contributed by atoms with Crippen LogP contribution < -0.4 is 0 Å². The van der Waals surface area contributed by atoms with Gasteiger partial charge in [0.25, 0.3) is 0 Å². The molecule has 0 amide bonds. The third-order valence-corrected chi connectivity index (χ3v) is 8.82. The van der Waals surface area contributed by atoms with E-state index in [2.05, 4.69) is 20.7 Å². The first-order chi connectivity index (χ1) is 18.6. The molecule has 0 radical (unpaired) electrons. The van der Waals surface area contributed by atoms with Crippen molar-refractivity contribution in [1.29, 1.82) is 0 Å². The fraction of sp³-hybridized carbons (Fsp3) is 0.188. The number of oxime groups is 1. The number of allylic oxidation sites excluding steroid dienone is 3. The Morgan fingerprint density at radius 1 is 0.895 bits per heavy atom. The van der Waals surface area contributed by atoms with Gasteiger partial charge in [-0.05, 0) is 65.5 Å². The van der Waals surface area contributed by atoms with Crippen molar-refractivity contribution >= 4 is 63.3 Å². The normalized spacial score (nSPS) is 13.4. The maximum Gasteiger partial charge on any atom is 0.210 e. The van der Waals surface area contributed by atoms with Gasteiger partial charge < -0.3 is 9.40 Å². The van der Waals surface area contributed by atoms with Crippen LogP contribution in [-0.2, 0) is 18.0 Å². The van der Waals surface area contributed by atoms with Crippen LogP contribution in [0.25, 0.3) is 21.8 Å². The SMILES string of the molecule is CCC/C(=N\OCc1ccccc1)C(=O)c1ccc2c(c1)c1cc(C(=O)C3=IC=CC=C3)ccc1n2CC. The van der Waals surface area contributed by atoms with E-state index < -0.39 is 20.7 Å². The van der Waals surface area contributed by atoms with Crippen molar-refractivity contribution < 1.29 is 14.4 Å². The van der Waals surface area contributed by atoms with Gasteiger partial charge in [-0.15, -0.1) is 0 Å². The molecule has 0 N–H and O–H groups in total. The number of ketones is 2. The van der Waals surface area contributed by atoms with E-state index in [1.807, 2.05) is 91.9 Å². The fourth-order valence-corrected chi connectivity index (χ4v) is 6.52. The first kappa shape index (κ1) is 26.0. The molecule has 0 bridgehead atoms. The summed E-state index contributed by atoms with van der Waals surface area (Å²) in [5, 5.41) is 6.18. The zero-order valence-electron chi connectivity index (χ0n) is 21.5. The molecular formula is C32H29IN2O3. The van der Waals surface area contributed by atoms with Gasteiger partial charge in [0.05, 0.1) is 3.51 Å². The maximum absolute atomic E-state index is 13.5. The number of aryl methyl sites for hydroxylation is 1. The molecule has 0 unspecified atom stereocenters. The zero-order valence-corrected chi connectivity index (χ0v) is 23.6. The summed E-state index contributed by atoms with van der Waals surface area (Å²) < 4.78 is 5.21. The van der Waals surface area contributed by atoms with Crippen LogP contribution in [0.5, 0.6) is 0 Å². The standard InChI is InChI=1S/C32H29IN2O3/c1-3-10-28(34-38-21-22-11-6-5-7-12-22)32(37)24-15-17-30-26(20-24)25-19-23(14-16-29(25)35(30)4-2)31(36)27-13-8-9-18-33-27/h5-9,11-20H,3-4,10,21H2,1-2H3/b34-28+. The van der Waals surface area contributed by atoms with Crippen molar-refractivity contribution in [1.82, 2.24) is 4.57 Å². The number of hydrogen-bond acceptors (Lipinski definition) is 4. The number of benzene rings is 3. The maximum atomic E-state index is 13.5. The summed E-state index contributed by atoms with van der Waals surface area (Å²) in [6, 6.07) is 21.5. The van der Waals surface area contributed by atoms with Gasteiger partial charge in [-0.25, -0.2) is 0 Å². The van der Waals surface area contributed by atoms with Gasteiger partial charge in [-0.2, -0.15) is 0 Å². The molecule has 192 valence electrons. The molecule has 5 rings (SSSR count). The van der Waals surface area contributed by atoms with Crippen molar-refractivity contribution in [2.45, 2.75) is 39.8 Å². The van der Waals surface area contributed by atoms with Crippen molar-refractivity contribution in [3.05, 3.63) is 106 Å². The topological polar surface area (TPSA) is 60.7 Å². The Kier molecular flexibility index (Phi) is 8.08. The number of carbonyl (C=O) groups excluding carboxylic acids is 2. The van der Waals surface area contributed by atoms with E-state index in [0.29, 0.717) is 29.9 Å². The molecule has 6 heteroatoms. The van der Waals surface area contributed by atoms with Crippen molar-refractivity contribution in [3.8, 4) is 0 Å². The van der Waals surface area contributed by atoms with Crippen molar-refractivity contribution in [2.24, 2.45) is 5.16 Å². The molecule has 0 aliphatic carbocycles. The quantitative estimate of drug-likeness (QED) is 0.0792. The summed E-state index contributed by atoms with van der Waals surface area (Å²) in [5.74, 6) is -0.0521. The Balaban J connectivity index is 1.51. The van der Waals surface area contributed by atoms with Crippen LogP contribution in [0, 0.1) is 0 Å². The third-order valence-electron chi connectivity index (χ3n) is 6.53. The molecule has 0 spiro atoms. The first-order valence-corrected chi connectivity index (χ1v) is 15.1. The highest BCUT2D eigenvalue weighted by Crippen LogP contribution is 2.31. The van der Waals surface area contributed by atoms with Gasteiger partial charge in [0.1, 0.15) is 12.3 Å². The molecular weight excluding hydrogens is 587 g/mol. The lowest BCUT2D eigenvalue weighted by Gasteiger charge is -2.07. The lowest BCUT2D eigenvalue weighted by molar-refractivity contribution is 0.103. The molecule has 1 aliphatic rings. The Labute approximate surface area is 232 Å². The second-order valence-electron chi connectivity index (χ2n) is 9.05. The molecule has 38 heavy (non-hydrogen) atoms. The predicted molar refractivity (Wildman–Crippen MR) is 165 cm³/mol. The van der Waals surface area contributed by atoms with E-state index >= 15 is 0 Å². The van der Waals surface area contributed by atoms with Crippen LogP contribution in [0.3, 0.4) is 0 Å². The minimum Gasteiger partial charge on any atom is -0.391 e.